The van der Waals surface area contributed by atoms with E-state index in [0.29, 0.717) is 18.1 Å². The Labute approximate surface area is 165 Å². The molecule has 0 unspecified atom stereocenters. The van der Waals surface area contributed by atoms with Gasteiger partial charge in [0.05, 0.1) is 13.5 Å². The van der Waals surface area contributed by atoms with Gasteiger partial charge in [-0.2, -0.15) is 4.98 Å². The predicted molar refractivity (Wildman–Crippen MR) is 107 cm³/mol. The maximum atomic E-state index is 12.8. The summed E-state index contributed by atoms with van der Waals surface area (Å²) in [4.78, 5) is 19.0. The number of ether oxygens (including phenoxy) is 1. The standard InChI is InChI=1S/C22H25N3O3/c1-15(2)25(21(26)13-17-7-11-19(27-4)12-8-17)14-20-23-22(24-28-20)18-9-5-16(3)6-10-18/h5-12,15H,13-14H2,1-4H3. The highest BCUT2D eigenvalue weighted by molar-refractivity contribution is 5.79. The third kappa shape index (κ3) is 4.76. The largest absolute Gasteiger partial charge is 0.497 e. The number of aromatic nitrogens is 2. The number of benzene rings is 2. The summed E-state index contributed by atoms with van der Waals surface area (Å²) < 4.78 is 10.6. The Morgan fingerprint density at radius 1 is 1.11 bits per heavy atom. The van der Waals surface area contributed by atoms with Crippen molar-refractivity contribution in [2.45, 2.75) is 39.8 Å². The molecule has 6 heteroatoms. The third-order valence-corrected chi connectivity index (χ3v) is 4.54. The first-order chi connectivity index (χ1) is 13.5. The van der Waals surface area contributed by atoms with E-state index in [4.69, 9.17) is 9.26 Å². The summed E-state index contributed by atoms with van der Waals surface area (Å²) in [7, 11) is 1.62. The van der Waals surface area contributed by atoms with E-state index in [1.807, 2.05) is 69.3 Å². The van der Waals surface area contributed by atoms with Crippen molar-refractivity contribution in [3.63, 3.8) is 0 Å². The molecule has 0 radical (unpaired) electrons. The normalized spacial score (nSPS) is 10.9. The van der Waals surface area contributed by atoms with Gasteiger partial charge in [-0.05, 0) is 38.5 Å². The number of nitrogens with zero attached hydrogens (tertiary/aromatic N) is 3. The topological polar surface area (TPSA) is 68.5 Å². The molecule has 1 aromatic heterocycles. The van der Waals surface area contributed by atoms with E-state index >= 15 is 0 Å². The van der Waals surface area contributed by atoms with Crippen LogP contribution in [0.4, 0.5) is 0 Å². The van der Waals surface area contributed by atoms with Crippen molar-refractivity contribution in [3.8, 4) is 17.1 Å². The van der Waals surface area contributed by atoms with Gasteiger partial charge in [-0.15, -0.1) is 0 Å². The summed E-state index contributed by atoms with van der Waals surface area (Å²) in [6.45, 7) is 6.26. The molecule has 0 saturated heterocycles. The highest BCUT2D eigenvalue weighted by atomic mass is 16.5. The predicted octanol–water partition coefficient (Wildman–Crippen LogP) is 4.03. The highest BCUT2D eigenvalue weighted by Gasteiger charge is 2.21. The number of hydrogen-bond acceptors (Lipinski definition) is 5. The molecule has 0 atom stereocenters. The molecule has 2 aromatic carbocycles. The van der Waals surface area contributed by atoms with Crippen molar-refractivity contribution in [3.05, 3.63) is 65.5 Å². The number of amides is 1. The van der Waals surface area contributed by atoms with Gasteiger partial charge in [0, 0.05) is 11.6 Å². The molecule has 1 heterocycles. The minimum absolute atomic E-state index is 0.00949. The molecule has 0 saturated carbocycles. The van der Waals surface area contributed by atoms with Crippen LogP contribution in [0.15, 0.2) is 53.1 Å². The fourth-order valence-electron chi connectivity index (χ4n) is 2.86. The number of carbonyl (C=O) groups excluding carboxylic acids is 1. The lowest BCUT2D eigenvalue weighted by Gasteiger charge is -2.25. The van der Waals surface area contributed by atoms with Crippen molar-refractivity contribution < 1.29 is 14.1 Å². The van der Waals surface area contributed by atoms with Crippen LogP contribution in [0, 0.1) is 6.92 Å². The van der Waals surface area contributed by atoms with Crippen LogP contribution in [0.25, 0.3) is 11.4 Å². The minimum atomic E-state index is 0.00949. The van der Waals surface area contributed by atoms with Crippen LogP contribution in [0.2, 0.25) is 0 Å². The molecule has 0 spiro atoms. The molecule has 0 fully saturated rings. The average Bonchev–Trinajstić information content (AvgIpc) is 3.15. The first-order valence-electron chi connectivity index (χ1n) is 9.28. The summed E-state index contributed by atoms with van der Waals surface area (Å²) in [6, 6.07) is 15.4. The number of carbonyl (C=O) groups is 1. The second-order valence-corrected chi connectivity index (χ2v) is 7.02. The van der Waals surface area contributed by atoms with Gasteiger partial charge in [-0.25, -0.2) is 0 Å². The molecular weight excluding hydrogens is 354 g/mol. The Morgan fingerprint density at radius 3 is 2.39 bits per heavy atom. The zero-order chi connectivity index (χ0) is 20.1. The summed E-state index contributed by atoms with van der Waals surface area (Å²) in [6.07, 6.45) is 0.307. The molecule has 0 aliphatic heterocycles. The van der Waals surface area contributed by atoms with E-state index < -0.39 is 0 Å². The molecule has 1 amide bonds. The van der Waals surface area contributed by atoms with Gasteiger partial charge >= 0.3 is 0 Å². The number of rotatable bonds is 7. The van der Waals surface area contributed by atoms with E-state index in [9.17, 15) is 4.79 Å². The average molecular weight is 379 g/mol. The van der Waals surface area contributed by atoms with E-state index in [0.717, 1.165) is 16.9 Å². The summed E-state index contributed by atoms with van der Waals surface area (Å²) in [5, 5.41) is 4.05. The van der Waals surface area contributed by atoms with Crippen LogP contribution >= 0.6 is 0 Å². The van der Waals surface area contributed by atoms with E-state index in [1.165, 1.54) is 5.56 Å². The molecule has 28 heavy (non-hydrogen) atoms. The summed E-state index contributed by atoms with van der Waals surface area (Å²) >= 11 is 0. The summed E-state index contributed by atoms with van der Waals surface area (Å²) in [5.41, 5.74) is 2.99. The fraction of sp³-hybridized carbons (Fsp3) is 0.318. The Balaban J connectivity index is 1.70. The van der Waals surface area contributed by atoms with Gasteiger partial charge in [-0.3, -0.25) is 4.79 Å². The molecule has 6 nitrogen and oxygen atoms in total. The van der Waals surface area contributed by atoms with Crippen LogP contribution in [0.5, 0.6) is 5.75 Å². The van der Waals surface area contributed by atoms with Crippen LogP contribution in [0.3, 0.4) is 0 Å². The van der Waals surface area contributed by atoms with Crippen LogP contribution < -0.4 is 4.74 Å². The number of hydrogen-bond donors (Lipinski definition) is 0. The lowest BCUT2D eigenvalue weighted by atomic mass is 10.1. The first kappa shape index (κ1) is 19.6. The van der Waals surface area contributed by atoms with E-state index in [2.05, 4.69) is 10.1 Å². The molecule has 0 aliphatic rings. The van der Waals surface area contributed by atoms with Crippen LogP contribution in [0.1, 0.15) is 30.9 Å². The SMILES string of the molecule is COc1ccc(CC(=O)N(Cc2nc(-c3ccc(C)cc3)no2)C(C)C)cc1. The Bertz CT molecular complexity index is 915. The molecule has 3 rings (SSSR count). The van der Waals surface area contributed by atoms with Gasteiger partial charge in [0.25, 0.3) is 0 Å². The van der Waals surface area contributed by atoms with Gasteiger partial charge in [0.2, 0.25) is 17.6 Å². The smallest absolute Gasteiger partial charge is 0.246 e. The Morgan fingerprint density at radius 2 is 1.79 bits per heavy atom. The van der Waals surface area contributed by atoms with Crippen LogP contribution in [-0.2, 0) is 17.8 Å². The fourth-order valence-corrected chi connectivity index (χ4v) is 2.86. The Hall–Kier alpha value is -3.15. The quantitative estimate of drug-likeness (QED) is 0.620. The molecule has 146 valence electrons. The molecule has 0 N–H and O–H groups in total. The molecule has 0 aliphatic carbocycles. The number of aryl methyl sites for hydroxylation is 1. The number of methoxy groups -OCH3 is 1. The van der Waals surface area contributed by atoms with Crippen molar-refractivity contribution in [2.75, 3.05) is 7.11 Å². The van der Waals surface area contributed by atoms with Gasteiger partial charge in [0.15, 0.2) is 0 Å². The molecule has 0 bridgehead atoms. The maximum Gasteiger partial charge on any atom is 0.246 e. The van der Waals surface area contributed by atoms with Crippen LogP contribution in [-0.4, -0.2) is 34.1 Å². The van der Waals surface area contributed by atoms with Gasteiger partial charge in [0.1, 0.15) is 12.3 Å². The zero-order valence-corrected chi connectivity index (χ0v) is 16.7. The second kappa shape index (κ2) is 8.69. The zero-order valence-electron chi connectivity index (χ0n) is 16.7. The lowest BCUT2D eigenvalue weighted by Crippen LogP contribution is -2.37. The second-order valence-electron chi connectivity index (χ2n) is 7.02. The highest BCUT2D eigenvalue weighted by Crippen LogP contribution is 2.18. The maximum absolute atomic E-state index is 12.8. The van der Waals surface area contributed by atoms with Gasteiger partial charge in [-0.1, -0.05) is 47.1 Å². The molecular formula is C22H25N3O3. The van der Waals surface area contributed by atoms with Crippen molar-refractivity contribution in [1.29, 1.82) is 0 Å². The third-order valence-electron chi connectivity index (χ3n) is 4.54. The van der Waals surface area contributed by atoms with E-state index in [1.54, 1.807) is 12.0 Å². The Kier molecular flexibility index (Phi) is 6.09. The lowest BCUT2D eigenvalue weighted by molar-refractivity contribution is -0.133. The monoisotopic (exact) mass is 379 g/mol. The van der Waals surface area contributed by atoms with Crippen molar-refractivity contribution in [1.82, 2.24) is 15.0 Å². The molecule has 3 aromatic rings. The van der Waals surface area contributed by atoms with Crippen molar-refractivity contribution in [2.24, 2.45) is 0 Å². The summed E-state index contributed by atoms with van der Waals surface area (Å²) in [5.74, 6) is 1.73. The minimum Gasteiger partial charge on any atom is -0.497 e. The first-order valence-corrected chi connectivity index (χ1v) is 9.28. The van der Waals surface area contributed by atoms with Gasteiger partial charge < -0.3 is 14.2 Å². The van der Waals surface area contributed by atoms with E-state index in [-0.39, 0.29) is 18.5 Å². The van der Waals surface area contributed by atoms with Crippen molar-refractivity contribution >= 4 is 5.91 Å².